The van der Waals surface area contributed by atoms with E-state index in [0.717, 1.165) is 28.1 Å². The molecule has 5 heteroatoms. The van der Waals surface area contributed by atoms with Gasteiger partial charge in [-0.05, 0) is 41.5 Å². The van der Waals surface area contributed by atoms with Crippen molar-refractivity contribution in [2.75, 3.05) is 26.3 Å². The van der Waals surface area contributed by atoms with Crippen LogP contribution in [-0.4, -0.2) is 41.7 Å². The van der Waals surface area contributed by atoms with Crippen LogP contribution >= 0.6 is 0 Å². The number of rotatable bonds is 6. The van der Waals surface area contributed by atoms with Crippen molar-refractivity contribution in [1.29, 1.82) is 0 Å². The first-order valence-corrected chi connectivity index (χ1v) is 11.4. The van der Waals surface area contributed by atoms with Gasteiger partial charge < -0.3 is 18.9 Å². The number of para-hydroxylation sites is 2. The number of fused-ring (bicyclic) bond motifs is 1. The molecule has 0 saturated carbocycles. The third-order valence-corrected chi connectivity index (χ3v) is 6.29. The molecule has 2 heterocycles. The van der Waals surface area contributed by atoms with Crippen LogP contribution in [0.25, 0.3) is 10.9 Å². The van der Waals surface area contributed by atoms with Gasteiger partial charge in [0.05, 0.1) is 13.2 Å². The van der Waals surface area contributed by atoms with Gasteiger partial charge in [0.2, 0.25) is 5.91 Å². The van der Waals surface area contributed by atoms with Gasteiger partial charge in [-0.15, -0.1) is 0 Å². The number of morpholine rings is 1. The molecule has 0 spiro atoms. The first-order valence-electron chi connectivity index (χ1n) is 11.4. The molecule has 1 aliphatic rings. The lowest BCUT2D eigenvalue weighted by Crippen LogP contribution is -2.41. The van der Waals surface area contributed by atoms with E-state index in [-0.39, 0.29) is 11.8 Å². The summed E-state index contributed by atoms with van der Waals surface area (Å²) in [6, 6.07) is 26.3. The molecule has 3 aromatic carbocycles. The molecule has 33 heavy (non-hydrogen) atoms. The second-order valence-electron chi connectivity index (χ2n) is 8.45. The standard InChI is InChI=1S/C28H28N2O3/c1-29-20-26(24-12-5-6-13-27(24)29)25(19-28(31)30-14-16-32-17-15-30)21-8-7-11-23(18-21)33-22-9-3-2-4-10-22/h2-13,18,20,25H,14-17,19H2,1H3/t25-/m1/s1. The second kappa shape index (κ2) is 9.51. The third kappa shape index (κ3) is 4.64. The Bertz CT molecular complexity index is 1240. The number of ether oxygens (including phenoxy) is 2. The van der Waals surface area contributed by atoms with Gasteiger partial charge in [-0.3, -0.25) is 4.79 Å². The van der Waals surface area contributed by atoms with Gasteiger partial charge >= 0.3 is 0 Å². The molecular formula is C28H28N2O3. The molecule has 0 N–H and O–H groups in total. The SMILES string of the molecule is Cn1cc([C@H](CC(=O)N2CCOCC2)c2cccc(Oc3ccccc3)c2)c2ccccc21. The molecule has 1 fully saturated rings. The van der Waals surface area contributed by atoms with Crippen molar-refractivity contribution in [2.45, 2.75) is 12.3 Å². The Hall–Kier alpha value is -3.57. The molecule has 1 aliphatic heterocycles. The lowest BCUT2D eigenvalue weighted by atomic mass is 9.87. The highest BCUT2D eigenvalue weighted by molar-refractivity contribution is 5.86. The second-order valence-corrected chi connectivity index (χ2v) is 8.45. The van der Waals surface area contributed by atoms with E-state index in [1.165, 1.54) is 5.39 Å². The largest absolute Gasteiger partial charge is 0.457 e. The summed E-state index contributed by atoms with van der Waals surface area (Å²) in [5.74, 6) is 1.64. The summed E-state index contributed by atoms with van der Waals surface area (Å²) in [5, 5.41) is 1.18. The first-order chi connectivity index (χ1) is 16.2. The van der Waals surface area contributed by atoms with E-state index in [0.29, 0.717) is 32.7 Å². The van der Waals surface area contributed by atoms with Crippen LogP contribution in [0.2, 0.25) is 0 Å². The average molecular weight is 441 g/mol. The van der Waals surface area contributed by atoms with E-state index in [4.69, 9.17) is 9.47 Å². The minimum atomic E-state index is -0.0780. The van der Waals surface area contributed by atoms with E-state index >= 15 is 0 Å². The highest BCUT2D eigenvalue weighted by Crippen LogP contribution is 2.36. The molecule has 5 nitrogen and oxygen atoms in total. The van der Waals surface area contributed by atoms with Crippen LogP contribution in [0.1, 0.15) is 23.5 Å². The van der Waals surface area contributed by atoms with Crippen molar-refractivity contribution >= 4 is 16.8 Å². The summed E-state index contributed by atoms with van der Waals surface area (Å²) in [6.45, 7) is 2.51. The van der Waals surface area contributed by atoms with E-state index in [9.17, 15) is 4.79 Å². The van der Waals surface area contributed by atoms with Crippen LogP contribution in [0.5, 0.6) is 11.5 Å². The monoisotopic (exact) mass is 440 g/mol. The summed E-state index contributed by atoms with van der Waals surface area (Å²) >= 11 is 0. The predicted molar refractivity (Wildman–Crippen MR) is 130 cm³/mol. The Morgan fingerprint density at radius 2 is 1.67 bits per heavy atom. The maximum absolute atomic E-state index is 13.3. The minimum absolute atomic E-state index is 0.0780. The fourth-order valence-corrected chi connectivity index (χ4v) is 4.59. The number of hydrogen-bond acceptors (Lipinski definition) is 3. The summed E-state index contributed by atoms with van der Waals surface area (Å²) < 4.78 is 13.7. The van der Waals surface area contributed by atoms with Crippen LogP contribution < -0.4 is 4.74 Å². The molecule has 1 aromatic heterocycles. The zero-order valence-electron chi connectivity index (χ0n) is 18.8. The number of carbonyl (C=O) groups excluding carboxylic acids is 1. The summed E-state index contributed by atoms with van der Waals surface area (Å²) in [4.78, 5) is 15.2. The van der Waals surface area contributed by atoms with Crippen molar-refractivity contribution < 1.29 is 14.3 Å². The normalized spacial score (nSPS) is 14.9. The molecule has 168 valence electrons. The third-order valence-electron chi connectivity index (χ3n) is 6.29. The number of nitrogens with zero attached hydrogens (tertiary/aromatic N) is 2. The van der Waals surface area contributed by atoms with Crippen molar-refractivity contribution in [2.24, 2.45) is 7.05 Å². The Morgan fingerprint density at radius 1 is 0.939 bits per heavy atom. The van der Waals surface area contributed by atoms with E-state index in [1.54, 1.807) is 0 Å². The summed E-state index contributed by atoms with van der Waals surface area (Å²) in [6.07, 6.45) is 2.56. The van der Waals surface area contributed by atoms with Crippen molar-refractivity contribution in [1.82, 2.24) is 9.47 Å². The Kier molecular flexibility index (Phi) is 6.13. The number of benzene rings is 3. The van der Waals surface area contributed by atoms with Gasteiger partial charge in [-0.2, -0.15) is 0 Å². The van der Waals surface area contributed by atoms with Gasteiger partial charge in [0.25, 0.3) is 0 Å². The average Bonchev–Trinajstić information content (AvgIpc) is 3.20. The highest BCUT2D eigenvalue weighted by atomic mass is 16.5. The fraction of sp³-hybridized carbons (Fsp3) is 0.250. The molecule has 0 aliphatic carbocycles. The van der Waals surface area contributed by atoms with Crippen LogP contribution in [0.3, 0.4) is 0 Å². The molecular weight excluding hydrogens is 412 g/mol. The summed E-state index contributed by atoms with van der Waals surface area (Å²) in [7, 11) is 2.06. The molecule has 5 rings (SSSR count). The van der Waals surface area contributed by atoms with Crippen molar-refractivity contribution in [3.63, 3.8) is 0 Å². The number of aryl methyl sites for hydroxylation is 1. The zero-order chi connectivity index (χ0) is 22.6. The Balaban J connectivity index is 1.52. The lowest BCUT2D eigenvalue weighted by Gasteiger charge is -2.29. The molecule has 4 aromatic rings. The van der Waals surface area contributed by atoms with Gasteiger partial charge in [0, 0.05) is 49.6 Å². The predicted octanol–water partition coefficient (Wildman–Crippen LogP) is 5.35. The lowest BCUT2D eigenvalue weighted by molar-refractivity contribution is -0.135. The highest BCUT2D eigenvalue weighted by Gasteiger charge is 2.26. The van der Waals surface area contributed by atoms with Gasteiger partial charge in [-0.1, -0.05) is 48.5 Å². The van der Waals surface area contributed by atoms with Crippen LogP contribution in [0.15, 0.2) is 85.1 Å². The quantitative estimate of drug-likeness (QED) is 0.406. The zero-order valence-corrected chi connectivity index (χ0v) is 18.8. The van der Waals surface area contributed by atoms with E-state index < -0.39 is 0 Å². The van der Waals surface area contributed by atoms with Crippen molar-refractivity contribution in [3.05, 3.63) is 96.2 Å². The number of amides is 1. The first kappa shape index (κ1) is 21.3. The fourth-order valence-electron chi connectivity index (χ4n) is 4.59. The van der Waals surface area contributed by atoms with Gasteiger partial charge in [0.15, 0.2) is 0 Å². The molecule has 1 atom stereocenters. The summed E-state index contributed by atoms with van der Waals surface area (Å²) in [5.41, 5.74) is 3.39. The molecule has 0 radical (unpaired) electrons. The number of hydrogen-bond donors (Lipinski definition) is 0. The number of carbonyl (C=O) groups is 1. The van der Waals surface area contributed by atoms with Gasteiger partial charge in [0.1, 0.15) is 11.5 Å². The Morgan fingerprint density at radius 3 is 2.48 bits per heavy atom. The molecule has 0 unspecified atom stereocenters. The van der Waals surface area contributed by atoms with Crippen molar-refractivity contribution in [3.8, 4) is 11.5 Å². The van der Waals surface area contributed by atoms with Crippen LogP contribution in [-0.2, 0) is 16.6 Å². The topological polar surface area (TPSA) is 43.7 Å². The molecule has 1 saturated heterocycles. The van der Waals surface area contributed by atoms with E-state index in [1.807, 2.05) is 53.4 Å². The Labute approximate surface area is 194 Å². The molecule has 0 bridgehead atoms. The van der Waals surface area contributed by atoms with E-state index in [2.05, 4.69) is 48.1 Å². The smallest absolute Gasteiger partial charge is 0.223 e. The molecule has 1 amide bonds. The number of aromatic nitrogens is 1. The maximum atomic E-state index is 13.3. The minimum Gasteiger partial charge on any atom is -0.457 e. The van der Waals surface area contributed by atoms with Crippen LogP contribution in [0, 0.1) is 0 Å². The van der Waals surface area contributed by atoms with Gasteiger partial charge in [-0.25, -0.2) is 0 Å². The van der Waals surface area contributed by atoms with Crippen LogP contribution in [0.4, 0.5) is 0 Å². The maximum Gasteiger partial charge on any atom is 0.223 e.